The highest BCUT2D eigenvalue weighted by atomic mass is 16.5. The Morgan fingerprint density at radius 2 is 2.11 bits per heavy atom. The molecule has 3 heterocycles. The van der Waals surface area contributed by atoms with Gasteiger partial charge in [0.05, 0.1) is 13.4 Å². The number of furan rings is 1. The van der Waals surface area contributed by atoms with Crippen molar-refractivity contribution in [3.8, 4) is 17.3 Å². The maximum absolute atomic E-state index is 12.7. The quantitative estimate of drug-likeness (QED) is 0.510. The van der Waals surface area contributed by atoms with Crippen LogP contribution in [-0.4, -0.2) is 39.7 Å². The smallest absolute Gasteiger partial charge is 0.343 e. The number of para-hydroxylation sites is 1. The van der Waals surface area contributed by atoms with Crippen LogP contribution in [0.3, 0.4) is 0 Å². The van der Waals surface area contributed by atoms with Crippen molar-refractivity contribution in [1.29, 1.82) is 0 Å². The molecular formula is C19H17N5O4. The van der Waals surface area contributed by atoms with E-state index in [-0.39, 0.29) is 12.2 Å². The maximum atomic E-state index is 12.7. The van der Waals surface area contributed by atoms with Gasteiger partial charge in [0.1, 0.15) is 17.9 Å². The number of ether oxygens (including phenoxy) is 2. The van der Waals surface area contributed by atoms with Crippen molar-refractivity contribution >= 4 is 17.6 Å². The molecule has 4 rings (SSSR count). The molecular weight excluding hydrogens is 362 g/mol. The number of methoxy groups -OCH3 is 1. The summed E-state index contributed by atoms with van der Waals surface area (Å²) in [4.78, 5) is 21.3. The number of anilines is 1. The van der Waals surface area contributed by atoms with E-state index in [1.807, 2.05) is 18.2 Å². The van der Waals surface area contributed by atoms with Gasteiger partial charge in [0.15, 0.2) is 11.4 Å². The number of benzene rings is 1. The number of nitrogens with one attached hydrogen (secondary N) is 1. The van der Waals surface area contributed by atoms with Crippen LogP contribution in [0.2, 0.25) is 0 Å². The molecule has 142 valence electrons. The number of rotatable bonds is 6. The molecule has 0 bridgehead atoms. The Bertz CT molecular complexity index is 1120. The van der Waals surface area contributed by atoms with Gasteiger partial charge >= 0.3 is 5.97 Å². The summed E-state index contributed by atoms with van der Waals surface area (Å²) in [6.07, 6.45) is 2.94. The molecule has 0 unspecified atom stereocenters. The molecule has 28 heavy (non-hydrogen) atoms. The second kappa shape index (κ2) is 7.39. The van der Waals surface area contributed by atoms with E-state index in [1.165, 1.54) is 17.0 Å². The van der Waals surface area contributed by atoms with E-state index < -0.39 is 5.97 Å². The van der Waals surface area contributed by atoms with Gasteiger partial charge in [-0.1, -0.05) is 18.2 Å². The van der Waals surface area contributed by atoms with E-state index in [0.717, 1.165) is 5.56 Å². The molecule has 3 aromatic heterocycles. The van der Waals surface area contributed by atoms with Gasteiger partial charge in [-0.3, -0.25) is 0 Å². The second-order valence-electron chi connectivity index (χ2n) is 5.78. The van der Waals surface area contributed by atoms with Crippen LogP contribution < -0.4 is 10.1 Å². The highest BCUT2D eigenvalue weighted by Crippen LogP contribution is 2.22. The zero-order valence-corrected chi connectivity index (χ0v) is 15.2. The average Bonchev–Trinajstić information content (AvgIpc) is 3.41. The van der Waals surface area contributed by atoms with Crippen molar-refractivity contribution in [3.05, 3.63) is 60.0 Å². The topological polar surface area (TPSA) is 104 Å². The van der Waals surface area contributed by atoms with E-state index in [9.17, 15) is 4.79 Å². The Kier molecular flexibility index (Phi) is 4.63. The summed E-state index contributed by atoms with van der Waals surface area (Å²) < 4.78 is 17.5. The lowest BCUT2D eigenvalue weighted by molar-refractivity contribution is 0.0471. The third-order valence-corrected chi connectivity index (χ3v) is 4.10. The summed E-state index contributed by atoms with van der Waals surface area (Å²) in [5.74, 6) is 1.34. The zero-order valence-electron chi connectivity index (χ0n) is 15.2. The SMILES string of the molecule is CNc1ncc(C(=O)OCc2ccccc2OC)c2nc(-c3ccco3)nn12. The number of nitrogens with zero attached hydrogens (tertiary/aromatic N) is 4. The highest BCUT2D eigenvalue weighted by molar-refractivity contribution is 5.96. The first kappa shape index (κ1) is 17.5. The van der Waals surface area contributed by atoms with Crippen molar-refractivity contribution < 1.29 is 18.7 Å². The van der Waals surface area contributed by atoms with E-state index in [0.29, 0.717) is 28.9 Å². The number of carbonyl (C=O) groups is 1. The third kappa shape index (κ3) is 3.13. The number of hydrogen-bond acceptors (Lipinski definition) is 8. The zero-order chi connectivity index (χ0) is 19.5. The molecule has 9 heteroatoms. The molecule has 0 aliphatic heterocycles. The monoisotopic (exact) mass is 379 g/mol. The van der Waals surface area contributed by atoms with Crippen LogP contribution >= 0.6 is 0 Å². The van der Waals surface area contributed by atoms with Crippen LogP contribution in [0.25, 0.3) is 17.2 Å². The van der Waals surface area contributed by atoms with Crippen molar-refractivity contribution in [1.82, 2.24) is 19.6 Å². The fourth-order valence-electron chi connectivity index (χ4n) is 2.74. The number of aromatic nitrogens is 4. The Morgan fingerprint density at radius 3 is 2.86 bits per heavy atom. The van der Waals surface area contributed by atoms with E-state index in [2.05, 4.69) is 20.4 Å². The molecule has 0 atom stereocenters. The van der Waals surface area contributed by atoms with Crippen LogP contribution in [0.15, 0.2) is 53.3 Å². The molecule has 0 amide bonds. The largest absolute Gasteiger partial charge is 0.496 e. The van der Waals surface area contributed by atoms with Crippen molar-refractivity contribution in [2.45, 2.75) is 6.61 Å². The first-order valence-corrected chi connectivity index (χ1v) is 8.47. The second-order valence-corrected chi connectivity index (χ2v) is 5.78. The first-order chi connectivity index (χ1) is 13.7. The van der Waals surface area contributed by atoms with Crippen LogP contribution in [0, 0.1) is 0 Å². The average molecular weight is 379 g/mol. The lowest BCUT2D eigenvalue weighted by atomic mass is 10.2. The first-order valence-electron chi connectivity index (χ1n) is 8.47. The third-order valence-electron chi connectivity index (χ3n) is 4.10. The van der Waals surface area contributed by atoms with E-state index in [4.69, 9.17) is 13.9 Å². The van der Waals surface area contributed by atoms with Crippen LogP contribution in [0.5, 0.6) is 5.75 Å². The molecule has 0 aliphatic carbocycles. The standard InChI is InChI=1S/C19H17N5O4/c1-20-19-21-10-13(17-22-16(23-24(17)19)15-8-5-9-27-15)18(25)28-11-12-6-3-4-7-14(12)26-2/h3-10H,11H2,1-2H3,(H,20,21). The minimum Gasteiger partial charge on any atom is -0.496 e. The molecule has 0 saturated heterocycles. The Hall–Kier alpha value is -3.88. The predicted octanol–water partition coefficient (Wildman–Crippen LogP) is 2.79. The lowest BCUT2D eigenvalue weighted by Crippen LogP contribution is -2.11. The Balaban J connectivity index is 1.67. The van der Waals surface area contributed by atoms with Gasteiger partial charge in [-0.25, -0.2) is 14.8 Å². The fourth-order valence-corrected chi connectivity index (χ4v) is 2.74. The van der Waals surface area contributed by atoms with Gasteiger partial charge in [-0.05, 0) is 18.2 Å². The summed E-state index contributed by atoms with van der Waals surface area (Å²) >= 11 is 0. The molecule has 0 aliphatic rings. The summed E-state index contributed by atoms with van der Waals surface area (Å²) in [7, 11) is 3.27. The summed E-state index contributed by atoms with van der Waals surface area (Å²) in [6.45, 7) is 0.0575. The predicted molar refractivity (Wildman–Crippen MR) is 100 cm³/mol. The van der Waals surface area contributed by atoms with Gasteiger partial charge in [-0.2, -0.15) is 4.52 Å². The van der Waals surface area contributed by atoms with Crippen molar-refractivity contribution in [2.75, 3.05) is 19.5 Å². The maximum Gasteiger partial charge on any atom is 0.343 e. The molecule has 9 nitrogen and oxygen atoms in total. The number of esters is 1. The summed E-state index contributed by atoms with van der Waals surface area (Å²) in [5.41, 5.74) is 1.27. The molecule has 4 aromatic rings. The number of hydrogen-bond donors (Lipinski definition) is 1. The minimum atomic E-state index is -0.565. The fraction of sp³-hybridized carbons (Fsp3) is 0.158. The van der Waals surface area contributed by atoms with Crippen LogP contribution in [0.1, 0.15) is 15.9 Å². The molecule has 1 N–H and O–H groups in total. The molecule has 0 fully saturated rings. The Labute approximate surface area is 159 Å². The summed E-state index contributed by atoms with van der Waals surface area (Å²) in [5, 5.41) is 7.29. The number of fused-ring (bicyclic) bond motifs is 1. The van der Waals surface area contributed by atoms with Crippen LogP contribution in [-0.2, 0) is 11.3 Å². The molecule has 1 aromatic carbocycles. The molecule has 0 radical (unpaired) electrons. The van der Waals surface area contributed by atoms with Gasteiger partial charge in [0.25, 0.3) is 0 Å². The van der Waals surface area contributed by atoms with Gasteiger partial charge < -0.3 is 19.2 Å². The Morgan fingerprint density at radius 1 is 1.25 bits per heavy atom. The highest BCUT2D eigenvalue weighted by Gasteiger charge is 2.20. The number of carbonyl (C=O) groups excluding carboxylic acids is 1. The molecule has 0 spiro atoms. The lowest BCUT2D eigenvalue weighted by Gasteiger charge is -2.10. The summed E-state index contributed by atoms with van der Waals surface area (Å²) in [6, 6.07) is 10.8. The van der Waals surface area contributed by atoms with Crippen molar-refractivity contribution in [3.63, 3.8) is 0 Å². The van der Waals surface area contributed by atoms with Crippen LogP contribution in [0.4, 0.5) is 5.95 Å². The van der Waals surface area contributed by atoms with Gasteiger partial charge in [0, 0.05) is 18.8 Å². The van der Waals surface area contributed by atoms with Gasteiger partial charge in [-0.15, -0.1) is 5.10 Å². The molecule has 0 saturated carbocycles. The van der Waals surface area contributed by atoms with E-state index in [1.54, 1.807) is 32.4 Å². The normalized spacial score (nSPS) is 10.8. The minimum absolute atomic E-state index is 0.0575. The van der Waals surface area contributed by atoms with Gasteiger partial charge in [0.2, 0.25) is 11.8 Å². The van der Waals surface area contributed by atoms with Crippen molar-refractivity contribution in [2.24, 2.45) is 0 Å². The van der Waals surface area contributed by atoms with E-state index >= 15 is 0 Å².